The van der Waals surface area contributed by atoms with Crippen LogP contribution in [0.5, 0.6) is 5.75 Å². The van der Waals surface area contributed by atoms with Crippen molar-refractivity contribution in [2.45, 2.75) is 44.1 Å². The van der Waals surface area contributed by atoms with Crippen molar-refractivity contribution in [1.82, 2.24) is 4.90 Å². The van der Waals surface area contributed by atoms with Crippen molar-refractivity contribution in [3.8, 4) is 5.75 Å². The van der Waals surface area contributed by atoms with Crippen LogP contribution in [0.1, 0.15) is 24.8 Å². The Morgan fingerprint density at radius 3 is 2.50 bits per heavy atom. The van der Waals surface area contributed by atoms with E-state index in [-0.39, 0.29) is 17.5 Å². The first-order valence-electron chi connectivity index (χ1n) is 7.63. The Morgan fingerprint density at radius 2 is 1.95 bits per heavy atom. The highest BCUT2D eigenvalue weighted by Crippen LogP contribution is 2.36. The molecule has 1 atom stereocenters. The minimum absolute atomic E-state index is 0.134. The fraction of sp³-hybridized carbons (Fsp3) is 0.625. The lowest BCUT2D eigenvalue weighted by Crippen LogP contribution is -2.43. The molecular weight excluding hydrogens is 292 g/mol. The van der Waals surface area contributed by atoms with Gasteiger partial charge in [0.25, 0.3) is 0 Å². The van der Waals surface area contributed by atoms with Gasteiger partial charge >= 0.3 is 6.61 Å². The fourth-order valence-electron chi connectivity index (χ4n) is 3.32. The van der Waals surface area contributed by atoms with Crippen LogP contribution in [0, 0.1) is 0 Å². The second-order valence-electron chi connectivity index (χ2n) is 6.15. The van der Waals surface area contributed by atoms with Crippen LogP contribution in [0.25, 0.3) is 0 Å². The third-order valence-electron chi connectivity index (χ3n) is 4.51. The molecule has 1 aromatic rings. The standard InChI is InChI=1S/C16H21F2NO3/c17-15(18)22-14-3-1-12(2-4-14)10-19-7-5-16(6-8-19)9-13(20)11-21-16/h1-4,13,15,20H,5-11H2/t13-/m1/s1. The van der Waals surface area contributed by atoms with E-state index in [4.69, 9.17) is 4.74 Å². The maximum atomic E-state index is 12.1. The van der Waals surface area contributed by atoms with Crippen LogP contribution in [0.4, 0.5) is 8.78 Å². The molecule has 0 saturated carbocycles. The maximum absolute atomic E-state index is 12.1. The van der Waals surface area contributed by atoms with E-state index in [0.717, 1.165) is 44.5 Å². The number of aliphatic hydroxyl groups is 1. The number of piperidine rings is 1. The van der Waals surface area contributed by atoms with Gasteiger partial charge in [0.15, 0.2) is 0 Å². The van der Waals surface area contributed by atoms with Crippen molar-refractivity contribution in [2.24, 2.45) is 0 Å². The average Bonchev–Trinajstić information content (AvgIpc) is 2.84. The number of rotatable bonds is 4. The number of benzene rings is 1. The topological polar surface area (TPSA) is 41.9 Å². The van der Waals surface area contributed by atoms with Crippen LogP contribution in [-0.2, 0) is 11.3 Å². The van der Waals surface area contributed by atoms with Gasteiger partial charge in [-0.1, -0.05) is 12.1 Å². The van der Waals surface area contributed by atoms with E-state index in [0.29, 0.717) is 6.61 Å². The predicted molar refractivity (Wildman–Crippen MR) is 76.9 cm³/mol. The predicted octanol–water partition coefficient (Wildman–Crippen LogP) is 2.40. The summed E-state index contributed by atoms with van der Waals surface area (Å²) in [4.78, 5) is 2.32. The quantitative estimate of drug-likeness (QED) is 0.927. The molecule has 0 aliphatic carbocycles. The van der Waals surface area contributed by atoms with Gasteiger partial charge in [-0.25, -0.2) is 0 Å². The molecule has 122 valence electrons. The summed E-state index contributed by atoms with van der Waals surface area (Å²) in [7, 11) is 0. The molecule has 1 spiro atoms. The summed E-state index contributed by atoms with van der Waals surface area (Å²) in [5.41, 5.74) is 0.940. The van der Waals surface area contributed by atoms with Crippen molar-refractivity contribution < 1.29 is 23.4 Å². The van der Waals surface area contributed by atoms with Gasteiger partial charge in [-0.3, -0.25) is 4.90 Å². The van der Waals surface area contributed by atoms with Crippen molar-refractivity contribution >= 4 is 0 Å². The number of aliphatic hydroxyl groups excluding tert-OH is 1. The van der Waals surface area contributed by atoms with Gasteiger partial charge in [-0.2, -0.15) is 8.78 Å². The van der Waals surface area contributed by atoms with Gasteiger partial charge in [0.05, 0.1) is 18.3 Å². The Kier molecular flexibility index (Phi) is 4.61. The van der Waals surface area contributed by atoms with E-state index in [1.54, 1.807) is 12.1 Å². The van der Waals surface area contributed by atoms with Gasteiger partial charge in [0.1, 0.15) is 5.75 Å². The monoisotopic (exact) mass is 313 g/mol. The molecule has 1 aromatic carbocycles. The molecule has 2 saturated heterocycles. The summed E-state index contributed by atoms with van der Waals surface area (Å²) in [6, 6.07) is 6.78. The molecule has 22 heavy (non-hydrogen) atoms. The van der Waals surface area contributed by atoms with E-state index in [1.807, 2.05) is 12.1 Å². The van der Waals surface area contributed by atoms with Crippen LogP contribution < -0.4 is 4.74 Å². The zero-order valence-corrected chi connectivity index (χ0v) is 12.4. The van der Waals surface area contributed by atoms with Crippen molar-refractivity contribution in [3.05, 3.63) is 29.8 Å². The first kappa shape index (κ1) is 15.6. The Labute approximate surface area is 128 Å². The second kappa shape index (κ2) is 6.48. The van der Waals surface area contributed by atoms with Gasteiger partial charge < -0.3 is 14.6 Å². The van der Waals surface area contributed by atoms with E-state index in [1.165, 1.54) is 0 Å². The average molecular weight is 313 g/mol. The van der Waals surface area contributed by atoms with Gasteiger partial charge in [0.2, 0.25) is 0 Å². The summed E-state index contributed by atoms with van der Waals surface area (Å²) in [6.07, 6.45) is 2.27. The van der Waals surface area contributed by atoms with Crippen LogP contribution >= 0.6 is 0 Å². The molecule has 2 aliphatic heterocycles. The highest BCUT2D eigenvalue weighted by Gasteiger charge is 2.41. The third kappa shape index (κ3) is 3.74. The Hall–Kier alpha value is -1.24. The molecule has 0 radical (unpaired) electrons. The van der Waals surface area contributed by atoms with Gasteiger partial charge in [-0.05, 0) is 30.5 Å². The molecule has 6 heteroatoms. The fourth-order valence-corrected chi connectivity index (χ4v) is 3.32. The molecule has 1 N–H and O–H groups in total. The summed E-state index contributed by atoms with van der Waals surface area (Å²) < 4.78 is 34.3. The number of likely N-dealkylation sites (tertiary alicyclic amines) is 1. The molecule has 2 heterocycles. The number of hydrogen-bond acceptors (Lipinski definition) is 4. The van der Waals surface area contributed by atoms with Crippen LogP contribution in [0.15, 0.2) is 24.3 Å². The van der Waals surface area contributed by atoms with Gasteiger partial charge in [0, 0.05) is 26.1 Å². The molecule has 3 rings (SSSR count). The summed E-state index contributed by atoms with van der Waals surface area (Å²) >= 11 is 0. The zero-order valence-electron chi connectivity index (χ0n) is 12.4. The molecule has 4 nitrogen and oxygen atoms in total. The number of alkyl halides is 2. The Balaban J connectivity index is 1.50. The summed E-state index contributed by atoms with van der Waals surface area (Å²) in [5.74, 6) is 0.185. The van der Waals surface area contributed by atoms with Crippen LogP contribution in [0.3, 0.4) is 0 Å². The minimum atomic E-state index is -2.79. The lowest BCUT2D eigenvalue weighted by atomic mass is 9.88. The summed E-state index contributed by atoms with van der Waals surface area (Å²) in [6.45, 7) is 0.286. The second-order valence-corrected chi connectivity index (χ2v) is 6.15. The van der Waals surface area contributed by atoms with Crippen molar-refractivity contribution in [2.75, 3.05) is 19.7 Å². The van der Waals surface area contributed by atoms with E-state index in [9.17, 15) is 13.9 Å². The number of halogens is 2. The molecular formula is C16H21F2NO3. The number of hydrogen-bond donors (Lipinski definition) is 1. The first-order chi connectivity index (χ1) is 10.5. The van der Waals surface area contributed by atoms with Crippen LogP contribution in [-0.4, -0.2) is 48.0 Å². The Morgan fingerprint density at radius 1 is 1.27 bits per heavy atom. The molecule has 0 aromatic heterocycles. The SMILES string of the molecule is O[C@H]1COC2(CCN(Cc3ccc(OC(F)F)cc3)CC2)C1. The third-order valence-corrected chi connectivity index (χ3v) is 4.51. The lowest BCUT2D eigenvalue weighted by molar-refractivity contribution is -0.0498. The molecule has 2 fully saturated rings. The highest BCUT2D eigenvalue weighted by molar-refractivity contribution is 5.27. The van der Waals surface area contributed by atoms with E-state index >= 15 is 0 Å². The molecule has 0 unspecified atom stereocenters. The van der Waals surface area contributed by atoms with Crippen LogP contribution in [0.2, 0.25) is 0 Å². The Bertz CT molecular complexity index is 487. The molecule has 0 bridgehead atoms. The number of nitrogens with zero attached hydrogens (tertiary/aromatic N) is 1. The van der Waals surface area contributed by atoms with E-state index in [2.05, 4.69) is 9.64 Å². The molecule has 0 amide bonds. The van der Waals surface area contributed by atoms with Gasteiger partial charge in [-0.15, -0.1) is 0 Å². The minimum Gasteiger partial charge on any atom is -0.435 e. The largest absolute Gasteiger partial charge is 0.435 e. The smallest absolute Gasteiger partial charge is 0.387 e. The summed E-state index contributed by atoms with van der Waals surface area (Å²) in [5, 5.41) is 9.63. The van der Waals surface area contributed by atoms with Crippen molar-refractivity contribution in [1.29, 1.82) is 0 Å². The number of ether oxygens (including phenoxy) is 2. The highest BCUT2D eigenvalue weighted by atomic mass is 19.3. The zero-order chi connectivity index (χ0) is 15.6. The van der Waals surface area contributed by atoms with E-state index < -0.39 is 6.61 Å². The first-order valence-corrected chi connectivity index (χ1v) is 7.63. The molecule has 2 aliphatic rings. The maximum Gasteiger partial charge on any atom is 0.387 e. The van der Waals surface area contributed by atoms with Crippen molar-refractivity contribution in [3.63, 3.8) is 0 Å². The lowest BCUT2D eigenvalue weighted by Gasteiger charge is -2.38. The normalized spacial score (nSPS) is 25.0.